The van der Waals surface area contributed by atoms with Crippen LogP contribution in [0.25, 0.3) is 5.82 Å². The van der Waals surface area contributed by atoms with Crippen molar-refractivity contribution in [3.63, 3.8) is 0 Å². The van der Waals surface area contributed by atoms with Gasteiger partial charge in [0.1, 0.15) is 23.7 Å². The number of anilines is 4. The van der Waals surface area contributed by atoms with E-state index in [0.29, 0.717) is 23.1 Å². The van der Waals surface area contributed by atoms with Crippen molar-refractivity contribution >= 4 is 34.9 Å². The van der Waals surface area contributed by atoms with Gasteiger partial charge in [0.15, 0.2) is 5.82 Å². The molecule has 3 heterocycles. The van der Waals surface area contributed by atoms with Gasteiger partial charge in [0.2, 0.25) is 0 Å². The minimum atomic E-state index is -0.595. The van der Waals surface area contributed by atoms with E-state index < -0.39 is 5.97 Å². The van der Waals surface area contributed by atoms with Crippen molar-refractivity contribution < 1.29 is 19.4 Å². The van der Waals surface area contributed by atoms with Crippen LogP contribution < -0.4 is 16.0 Å². The molecule has 0 saturated heterocycles. The van der Waals surface area contributed by atoms with Gasteiger partial charge in [0.05, 0.1) is 31.5 Å². The summed E-state index contributed by atoms with van der Waals surface area (Å²) in [5, 5.41) is 23.3. The summed E-state index contributed by atoms with van der Waals surface area (Å²) >= 11 is 0. The second-order valence-corrected chi connectivity index (χ2v) is 8.17. The molecule has 1 amide bonds. The molecule has 4 N–H and O–H groups in total. The minimum absolute atomic E-state index is 0.0668. The molecular weight excluding hydrogens is 464 g/mol. The number of ether oxygens (including phenoxy) is 1. The fourth-order valence-corrected chi connectivity index (χ4v) is 3.83. The molecule has 2 aromatic heterocycles. The molecule has 1 aliphatic rings. The third kappa shape index (κ3) is 4.98. The lowest BCUT2D eigenvalue weighted by atomic mass is 10.1. The molecule has 0 unspecified atom stereocenters. The first-order valence-electron chi connectivity index (χ1n) is 11.3. The van der Waals surface area contributed by atoms with Crippen LogP contribution in [0.2, 0.25) is 0 Å². The Morgan fingerprint density at radius 3 is 2.69 bits per heavy atom. The summed E-state index contributed by atoms with van der Waals surface area (Å²) in [5.74, 6) is 0.964. The zero-order chi connectivity index (χ0) is 25.8. The number of aliphatic hydroxyl groups is 1. The minimum Gasteiger partial charge on any atom is -0.466 e. The van der Waals surface area contributed by atoms with Gasteiger partial charge < -0.3 is 30.7 Å². The number of nitrogens with one attached hydrogen (secondary N) is 3. The van der Waals surface area contributed by atoms with Gasteiger partial charge in [-0.25, -0.2) is 14.8 Å². The van der Waals surface area contributed by atoms with Gasteiger partial charge >= 0.3 is 5.97 Å². The number of β-amino-alcohol motifs (C(OH)–C–C–N with tert-alkyl or cyclic N) is 1. The molecule has 0 bridgehead atoms. The van der Waals surface area contributed by atoms with Crippen LogP contribution in [0, 0.1) is 13.8 Å². The number of methoxy groups -OCH3 is 1. The van der Waals surface area contributed by atoms with Crippen molar-refractivity contribution in [3.05, 3.63) is 59.2 Å². The van der Waals surface area contributed by atoms with Crippen LogP contribution in [0.4, 0.5) is 23.0 Å². The van der Waals surface area contributed by atoms with Crippen LogP contribution in [0.5, 0.6) is 0 Å². The molecule has 0 spiro atoms. The Bertz CT molecular complexity index is 1330. The average Bonchev–Trinajstić information content (AvgIpc) is 3.40. The quantitative estimate of drug-likeness (QED) is 0.326. The fourth-order valence-electron chi connectivity index (χ4n) is 3.83. The highest BCUT2D eigenvalue weighted by atomic mass is 16.5. The number of hydrogen-bond donors (Lipinski definition) is 4. The lowest BCUT2D eigenvalue weighted by Gasteiger charge is -2.16. The van der Waals surface area contributed by atoms with Crippen molar-refractivity contribution in [2.24, 2.45) is 0 Å². The maximum absolute atomic E-state index is 12.9. The first-order valence-corrected chi connectivity index (χ1v) is 11.3. The van der Waals surface area contributed by atoms with E-state index in [1.54, 1.807) is 17.8 Å². The number of aromatic nitrogens is 4. The number of carbonyl (C=O) groups is 2. The molecule has 1 aliphatic heterocycles. The van der Waals surface area contributed by atoms with Crippen LogP contribution >= 0.6 is 0 Å². The smallest absolute Gasteiger partial charge is 0.337 e. The Labute approximate surface area is 208 Å². The number of carbonyl (C=O) groups excluding carboxylic acids is 2. The molecule has 3 aromatic rings. The molecule has 188 valence electrons. The first kappa shape index (κ1) is 24.7. The first-order chi connectivity index (χ1) is 17.3. The maximum atomic E-state index is 12.9. The van der Waals surface area contributed by atoms with E-state index in [9.17, 15) is 14.7 Å². The van der Waals surface area contributed by atoms with Gasteiger partial charge in [-0.15, -0.1) is 0 Å². The Morgan fingerprint density at radius 2 is 1.97 bits per heavy atom. The number of amides is 1. The number of nitrogens with zero attached hydrogens (tertiary/aromatic N) is 5. The summed E-state index contributed by atoms with van der Waals surface area (Å²) in [5.41, 5.74) is 3.45. The summed E-state index contributed by atoms with van der Waals surface area (Å²) in [6.45, 7) is 3.81. The van der Waals surface area contributed by atoms with Crippen LogP contribution in [-0.4, -0.2) is 75.5 Å². The third-order valence-corrected chi connectivity index (χ3v) is 5.68. The number of aryl methyl sites for hydroxylation is 2. The van der Waals surface area contributed by atoms with Crippen molar-refractivity contribution in [1.29, 1.82) is 0 Å². The van der Waals surface area contributed by atoms with Crippen molar-refractivity contribution in [2.75, 3.05) is 49.8 Å². The van der Waals surface area contributed by atoms with Gasteiger partial charge in [0, 0.05) is 37.1 Å². The van der Waals surface area contributed by atoms with Crippen molar-refractivity contribution in [3.8, 4) is 5.82 Å². The van der Waals surface area contributed by atoms with E-state index in [1.165, 1.54) is 18.3 Å². The zero-order valence-electron chi connectivity index (χ0n) is 20.5. The Kier molecular flexibility index (Phi) is 7.15. The maximum Gasteiger partial charge on any atom is 0.337 e. The second kappa shape index (κ2) is 10.4. The van der Waals surface area contributed by atoms with Gasteiger partial charge in [0.25, 0.3) is 5.91 Å². The molecule has 1 aromatic carbocycles. The van der Waals surface area contributed by atoms with Gasteiger partial charge in [-0.1, -0.05) is 6.07 Å². The molecule has 0 atom stereocenters. The predicted octanol–water partition coefficient (Wildman–Crippen LogP) is 1.74. The summed E-state index contributed by atoms with van der Waals surface area (Å²) in [6, 6.07) is 9.23. The van der Waals surface area contributed by atoms with E-state index in [4.69, 9.17) is 4.74 Å². The monoisotopic (exact) mass is 492 g/mol. The fraction of sp³-hybridized carbons (Fsp3) is 0.292. The van der Waals surface area contributed by atoms with Crippen molar-refractivity contribution in [1.82, 2.24) is 24.6 Å². The Balaban J connectivity index is 1.64. The van der Waals surface area contributed by atoms with E-state index >= 15 is 0 Å². The highest BCUT2D eigenvalue weighted by molar-refractivity contribution is 6.08. The topological polar surface area (TPSA) is 147 Å². The number of benzene rings is 1. The summed E-state index contributed by atoms with van der Waals surface area (Å²) in [6.07, 6.45) is 1.46. The molecule has 0 fully saturated rings. The van der Waals surface area contributed by atoms with Gasteiger partial charge in [-0.2, -0.15) is 9.78 Å². The Morgan fingerprint density at radius 1 is 1.17 bits per heavy atom. The molecule has 0 aliphatic carbocycles. The molecular formula is C24H28N8O4. The molecule has 36 heavy (non-hydrogen) atoms. The summed E-state index contributed by atoms with van der Waals surface area (Å²) in [7, 11) is 3.04. The third-order valence-electron chi connectivity index (χ3n) is 5.68. The molecule has 4 rings (SSSR count). The normalized spacial score (nSPS) is 13.2. The number of hydrogen-bond acceptors (Lipinski definition) is 10. The Hall–Kier alpha value is -4.45. The van der Waals surface area contributed by atoms with E-state index in [0.717, 1.165) is 16.9 Å². The zero-order valence-corrected chi connectivity index (χ0v) is 20.5. The molecule has 12 heteroatoms. The van der Waals surface area contributed by atoms with Gasteiger partial charge in [-0.05, 0) is 31.5 Å². The van der Waals surface area contributed by atoms with Crippen LogP contribution in [0.3, 0.4) is 0 Å². The SMILES string of the molecule is CNc1cc(-n2nc(C)cc2Nc2cc(NC3=C(C(=O)OC)CN(CCO)C3=O)ccc2C)ncn1. The summed E-state index contributed by atoms with van der Waals surface area (Å²) in [4.78, 5) is 35.0. The lowest BCUT2D eigenvalue weighted by Crippen LogP contribution is -2.31. The number of rotatable bonds is 9. The predicted molar refractivity (Wildman–Crippen MR) is 134 cm³/mol. The van der Waals surface area contributed by atoms with Gasteiger partial charge in [-0.3, -0.25) is 4.79 Å². The standard InChI is InChI=1S/C24H28N8O4/c1-14-5-6-16(28-22-17(24(35)36-4)12-31(7-8-33)23(22)34)10-18(14)29-21-9-15(2)30-32(21)20-11-19(25-3)26-13-27-20/h5-6,9-11,13,28-29,33H,7-8,12H2,1-4H3,(H,25,26,27). The highest BCUT2D eigenvalue weighted by Crippen LogP contribution is 2.29. The molecule has 12 nitrogen and oxygen atoms in total. The van der Waals surface area contributed by atoms with Crippen molar-refractivity contribution in [2.45, 2.75) is 13.8 Å². The van der Waals surface area contributed by atoms with Crippen LogP contribution in [-0.2, 0) is 14.3 Å². The van der Waals surface area contributed by atoms with E-state index in [1.807, 2.05) is 38.1 Å². The summed E-state index contributed by atoms with van der Waals surface area (Å²) < 4.78 is 6.54. The second-order valence-electron chi connectivity index (χ2n) is 8.17. The van der Waals surface area contributed by atoms with Crippen LogP contribution in [0.15, 0.2) is 47.9 Å². The van der Waals surface area contributed by atoms with Crippen LogP contribution in [0.1, 0.15) is 11.3 Å². The number of aliphatic hydroxyl groups excluding tert-OH is 1. The largest absolute Gasteiger partial charge is 0.466 e. The van der Waals surface area contributed by atoms with E-state index in [-0.39, 0.29) is 36.9 Å². The average molecular weight is 493 g/mol. The highest BCUT2D eigenvalue weighted by Gasteiger charge is 2.34. The molecule has 0 radical (unpaired) electrons. The number of esters is 1. The molecule has 0 saturated carbocycles. The lowest BCUT2D eigenvalue weighted by molar-refractivity contribution is -0.136. The van der Waals surface area contributed by atoms with E-state index in [2.05, 4.69) is 31.0 Å².